The molecule has 0 amide bonds. The summed E-state index contributed by atoms with van der Waals surface area (Å²) < 4.78 is 29.7. The van der Waals surface area contributed by atoms with Gasteiger partial charge in [-0.1, -0.05) is 76.8 Å². The maximum absolute atomic E-state index is 14.8. The van der Waals surface area contributed by atoms with Gasteiger partial charge in [0.1, 0.15) is 5.82 Å². The van der Waals surface area contributed by atoms with Crippen LogP contribution in [-0.4, -0.2) is 18.2 Å². The predicted molar refractivity (Wildman–Crippen MR) is 148 cm³/mol. The van der Waals surface area contributed by atoms with Crippen LogP contribution in [0.1, 0.15) is 27.2 Å². The van der Waals surface area contributed by atoms with Gasteiger partial charge < -0.3 is 22.2 Å². The molecule has 0 heterocycles. The molecule has 188 valence electrons. The molecular formula is C29H38F2N4. The summed E-state index contributed by atoms with van der Waals surface area (Å²) in [6.45, 7) is 27.4. The van der Waals surface area contributed by atoms with Gasteiger partial charge in [-0.2, -0.15) is 8.78 Å². The standard InChI is InChI=1S/C29H38F2N4/c1-10-14-20(6)21(7)15-13-16-26(23(9)18-32)35-27(34)17-22(8)28(25(33)12-3)24(11-2)29(30,31)19(4)5/h10-11,13-17,33,35H,1-2,4,7-9,12,18,32,34H2,3,5-6H3/b15-13-,20-14+,26-16+,27-17+,28-24-,33-25?. The molecule has 0 atom stereocenters. The maximum atomic E-state index is 14.8. The van der Waals surface area contributed by atoms with Gasteiger partial charge in [0.25, 0.3) is 5.92 Å². The Morgan fingerprint density at radius 2 is 1.66 bits per heavy atom. The fourth-order valence-electron chi connectivity index (χ4n) is 2.81. The number of alkyl halides is 2. The Morgan fingerprint density at radius 3 is 2.11 bits per heavy atom. The third-order valence-corrected chi connectivity index (χ3v) is 4.99. The number of hydrogen-bond acceptors (Lipinski definition) is 4. The molecule has 0 saturated carbocycles. The van der Waals surface area contributed by atoms with E-state index in [0.717, 1.165) is 17.2 Å². The van der Waals surface area contributed by atoms with Gasteiger partial charge in [0.2, 0.25) is 0 Å². The highest BCUT2D eigenvalue weighted by Gasteiger charge is 2.36. The molecule has 0 radical (unpaired) electrons. The van der Waals surface area contributed by atoms with Crippen molar-refractivity contribution >= 4 is 5.71 Å². The smallest absolute Gasteiger partial charge is 0.294 e. The fourth-order valence-corrected chi connectivity index (χ4v) is 2.81. The van der Waals surface area contributed by atoms with Crippen LogP contribution in [0.15, 0.2) is 133 Å². The Kier molecular flexibility index (Phi) is 12.9. The first-order valence-electron chi connectivity index (χ1n) is 11.0. The molecule has 0 fully saturated rings. The van der Waals surface area contributed by atoms with Crippen molar-refractivity contribution < 1.29 is 8.78 Å². The summed E-state index contributed by atoms with van der Waals surface area (Å²) in [5.41, 5.74) is 14.0. The van der Waals surface area contributed by atoms with Crippen LogP contribution in [0.2, 0.25) is 0 Å². The first kappa shape index (κ1) is 31.2. The average molecular weight is 481 g/mol. The largest absolute Gasteiger partial charge is 0.385 e. The zero-order valence-electron chi connectivity index (χ0n) is 21.1. The highest BCUT2D eigenvalue weighted by molar-refractivity contribution is 6.03. The van der Waals surface area contributed by atoms with Crippen molar-refractivity contribution in [1.29, 1.82) is 5.41 Å². The van der Waals surface area contributed by atoms with Gasteiger partial charge in [-0.15, -0.1) is 0 Å². The lowest BCUT2D eigenvalue weighted by molar-refractivity contribution is 0.0872. The number of nitrogens with two attached hydrogens (primary N) is 2. The SMILES string of the molecule is C=C/C=C(\C)C(=C)/C=C\C=C(\N/C(N)=C/C(=C)/C(C(=N)CC)=C(\C=C)C(F)(F)C(=C)C)C(=C)CN. The normalized spacial score (nSPS) is 13.7. The van der Waals surface area contributed by atoms with Crippen LogP contribution >= 0.6 is 0 Å². The van der Waals surface area contributed by atoms with Crippen LogP contribution in [0, 0.1) is 5.41 Å². The van der Waals surface area contributed by atoms with Crippen molar-refractivity contribution in [3.05, 3.63) is 133 Å². The second-order valence-electron chi connectivity index (χ2n) is 7.79. The zero-order valence-corrected chi connectivity index (χ0v) is 21.1. The summed E-state index contributed by atoms with van der Waals surface area (Å²) in [6.07, 6.45) is 11.4. The molecule has 0 unspecified atom stereocenters. The van der Waals surface area contributed by atoms with Crippen molar-refractivity contribution in [3.8, 4) is 0 Å². The summed E-state index contributed by atoms with van der Waals surface area (Å²) in [6, 6.07) is 0. The van der Waals surface area contributed by atoms with Gasteiger partial charge in [0.05, 0.1) is 0 Å². The van der Waals surface area contributed by atoms with E-state index < -0.39 is 11.5 Å². The third kappa shape index (κ3) is 9.18. The molecule has 35 heavy (non-hydrogen) atoms. The molecule has 0 aliphatic rings. The highest BCUT2D eigenvalue weighted by atomic mass is 19.3. The Hall–Kier alpha value is -3.77. The lowest BCUT2D eigenvalue weighted by Crippen LogP contribution is -2.25. The average Bonchev–Trinajstić information content (AvgIpc) is 2.80. The van der Waals surface area contributed by atoms with Crippen LogP contribution < -0.4 is 16.8 Å². The van der Waals surface area contributed by atoms with Crippen LogP contribution in [0.4, 0.5) is 8.78 Å². The summed E-state index contributed by atoms with van der Waals surface area (Å²) >= 11 is 0. The molecule has 0 rings (SSSR count). The van der Waals surface area contributed by atoms with Crippen LogP contribution in [-0.2, 0) is 0 Å². The van der Waals surface area contributed by atoms with E-state index in [-0.39, 0.29) is 41.2 Å². The molecule has 4 nitrogen and oxygen atoms in total. The van der Waals surface area contributed by atoms with Crippen molar-refractivity contribution in [2.75, 3.05) is 6.54 Å². The van der Waals surface area contributed by atoms with Gasteiger partial charge in [-0.25, -0.2) is 0 Å². The van der Waals surface area contributed by atoms with Gasteiger partial charge in [-0.3, -0.25) is 0 Å². The van der Waals surface area contributed by atoms with Crippen LogP contribution in [0.3, 0.4) is 0 Å². The van der Waals surface area contributed by atoms with E-state index in [2.05, 4.69) is 44.8 Å². The van der Waals surface area contributed by atoms with E-state index in [0.29, 0.717) is 11.3 Å². The molecule has 0 bridgehead atoms. The highest BCUT2D eigenvalue weighted by Crippen LogP contribution is 2.36. The molecule has 0 aromatic rings. The molecule has 0 aromatic heterocycles. The Balaban J connectivity index is 6.31. The Labute approximate surface area is 209 Å². The van der Waals surface area contributed by atoms with Gasteiger partial charge >= 0.3 is 0 Å². The maximum Gasteiger partial charge on any atom is 0.294 e. The van der Waals surface area contributed by atoms with Crippen molar-refractivity contribution in [2.24, 2.45) is 11.5 Å². The van der Waals surface area contributed by atoms with Crippen molar-refractivity contribution in [2.45, 2.75) is 33.1 Å². The molecule has 0 aliphatic heterocycles. The number of nitrogens with one attached hydrogen (secondary N) is 2. The lowest BCUT2D eigenvalue weighted by atomic mass is 9.89. The van der Waals surface area contributed by atoms with E-state index in [1.165, 1.54) is 13.0 Å². The van der Waals surface area contributed by atoms with E-state index in [1.807, 2.05) is 13.0 Å². The second kappa shape index (κ2) is 14.5. The molecule has 6 heteroatoms. The van der Waals surface area contributed by atoms with E-state index in [4.69, 9.17) is 16.9 Å². The lowest BCUT2D eigenvalue weighted by Gasteiger charge is -2.23. The van der Waals surface area contributed by atoms with E-state index in [1.54, 1.807) is 31.2 Å². The van der Waals surface area contributed by atoms with Crippen LogP contribution in [0.25, 0.3) is 0 Å². The van der Waals surface area contributed by atoms with Gasteiger partial charge in [0, 0.05) is 29.1 Å². The minimum atomic E-state index is -3.39. The minimum absolute atomic E-state index is 0.0265. The minimum Gasteiger partial charge on any atom is -0.385 e. The van der Waals surface area contributed by atoms with Gasteiger partial charge in [0.15, 0.2) is 0 Å². The number of halogens is 2. The first-order chi connectivity index (χ1) is 16.3. The zero-order chi connectivity index (χ0) is 27.3. The van der Waals surface area contributed by atoms with Crippen LogP contribution in [0.5, 0.6) is 0 Å². The summed E-state index contributed by atoms with van der Waals surface area (Å²) in [4.78, 5) is 0. The molecule has 0 aromatic carbocycles. The monoisotopic (exact) mass is 480 g/mol. The van der Waals surface area contributed by atoms with E-state index in [9.17, 15) is 8.78 Å². The van der Waals surface area contributed by atoms with Gasteiger partial charge in [-0.05, 0) is 60.3 Å². The second-order valence-corrected chi connectivity index (χ2v) is 7.79. The summed E-state index contributed by atoms with van der Waals surface area (Å²) in [5.74, 6) is -3.28. The fraction of sp³-hybridized carbons (Fsp3) is 0.207. The molecule has 6 N–H and O–H groups in total. The molecule has 0 aliphatic carbocycles. The van der Waals surface area contributed by atoms with Crippen molar-refractivity contribution in [3.63, 3.8) is 0 Å². The Bertz CT molecular complexity index is 1060. The summed E-state index contributed by atoms with van der Waals surface area (Å²) in [7, 11) is 0. The number of allylic oxidation sites excluding steroid dienone is 13. The molecule has 0 saturated heterocycles. The predicted octanol–water partition coefficient (Wildman–Crippen LogP) is 6.70. The topological polar surface area (TPSA) is 87.9 Å². The quantitative estimate of drug-likeness (QED) is 0.119. The third-order valence-electron chi connectivity index (χ3n) is 4.99. The molecule has 0 spiro atoms. The van der Waals surface area contributed by atoms with E-state index >= 15 is 0 Å². The first-order valence-corrected chi connectivity index (χ1v) is 11.0. The number of hydrogen-bond donors (Lipinski definition) is 4. The molecular weight excluding hydrogens is 442 g/mol. The van der Waals surface area contributed by atoms with Crippen molar-refractivity contribution in [1.82, 2.24) is 5.32 Å². The summed E-state index contributed by atoms with van der Waals surface area (Å²) in [5, 5.41) is 11.3. The number of rotatable bonds is 15. The Morgan fingerprint density at radius 1 is 1.06 bits per heavy atom.